The summed E-state index contributed by atoms with van der Waals surface area (Å²) < 4.78 is 10.9. The van der Waals surface area contributed by atoms with E-state index in [1.165, 1.54) is 18.4 Å². The van der Waals surface area contributed by atoms with Gasteiger partial charge in [-0.15, -0.1) is 0 Å². The molecular weight excluding hydrogens is 216 g/mol. The summed E-state index contributed by atoms with van der Waals surface area (Å²) in [5.74, 6) is 1.62. The van der Waals surface area contributed by atoms with Crippen LogP contribution < -0.4 is 0 Å². The number of carbonyl (C=O) groups excluding carboxylic acids is 1. The molecule has 3 nitrogen and oxygen atoms in total. The van der Waals surface area contributed by atoms with E-state index in [-0.39, 0.29) is 5.97 Å². The molecule has 0 unspecified atom stereocenters. The summed E-state index contributed by atoms with van der Waals surface area (Å²) in [7, 11) is 0. The molecule has 0 saturated carbocycles. The lowest BCUT2D eigenvalue weighted by Crippen LogP contribution is -2.09. The Kier molecular flexibility index (Phi) is 3.87. The van der Waals surface area contributed by atoms with E-state index in [0.717, 1.165) is 37.2 Å². The van der Waals surface area contributed by atoms with Crippen LogP contribution in [0.1, 0.15) is 52.4 Å². The first-order valence-corrected chi connectivity index (χ1v) is 6.48. The third-order valence-corrected chi connectivity index (χ3v) is 3.43. The van der Waals surface area contributed by atoms with Gasteiger partial charge in [0.2, 0.25) is 0 Å². The Hall–Kier alpha value is -1.25. The highest BCUT2D eigenvalue weighted by atomic mass is 16.5. The van der Waals surface area contributed by atoms with E-state index in [2.05, 4.69) is 0 Å². The lowest BCUT2D eigenvalue weighted by molar-refractivity contribution is -0.138. The number of hydrogen-bond acceptors (Lipinski definition) is 3. The van der Waals surface area contributed by atoms with Gasteiger partial charge in [0.25, 0.3) is 0 Å². The SMILES string of the molecule is CCOC(=O)C1=C(C)OC2=C(CCCC2)CC1. The minimum absolute atomic E-state index is 0.218. The Balaban J connectivity index is 2.15. The average Bonchev–Trinajstić information content (AvgIpc) is 2.47. The summed E-state index contributed by atoms with van der Waals surface area (Å²) in [5, 5.41) is 0. The number of carbonyl (C=O) groups is 1. The molecule has 0 aromatic carbocycles. The molecule has 94 valence electrons. The van der Waals surface area contributed by atoms with Crippen LogP contribution in [0.25, 0.3) is 0 Å². The molecule has 3 heteroatoms. The molecule has 0 aromatic rings. The Morgan fingerprint density at radius 2 is 2.00 bits per heavy atom. The Bertz CT molecular complexity index is 377. The van der Waals surface area contributed by atoms with Crippen LogP contribution in [-0.4, -0.2) is 12.6 Å². The topological polar surface area (TPSA) is 35.5 Å². The minimum Gasteiger partial charge on any atom is -0.466 e. The molecule has 0 atom stereocenters. The predicted molar refractivity (Wildman–Crippen MR) is 65.1 cm³/mol. The maximum Gasteiger partial charge on any atom is 0.337 e. The third kappa shape index (κ3) is 2.71. The lowest BCUT2D eigenvalue weighted by atomic mass is 9.93. The summed E-state index contributed by atoms with van der Waals surface area (Å²) in [6.45, 7) is 4.12. The minimum atomic E-state index is -0.218. The summed E-state index contributed by atoms with van der Waals surface area (Å²) in [6.07, 6.45) is 6.28. The highest BCUT2D eigenvalue weighted by Gasteiger charge is 2.23. The van der Waals surface area contributed by atoms with Crippen molar-refractivity contribution in [1.29, 1.82) is 0 Å². The summed E-state index contributed by atoms with van der Waals surface area (Å²) in [6, 6.07) is 0. The van der Waals surface area contributed by atoms with Gasteiger partial charge in [0.05, 0.1) is 12.2 Å². The van der Waals surface area contributed by atoms with E-state index in [9.17, 15) is 4.79 Å². The largest absolute Gasteiger partial charge is 0.466 e. The molecule has 0 N–H and O–H groups in total. The van der Waals surface area contributed by atoms with E-state index in [4.69, 9.17) is 9.47 Å². The molecule has 0 fully saturated rings. The van der Waals surface area contributed by atoms with E-state index < -0.39 is 0 Å². The molecule has 0 aromatic heterocycles. The first kappa shape index (κ1) is 12.2. The molecule has 0 spiro atoms. The van der Waals surface area contributed by atoms with E-state index in [1.54, 1.807) is 0 Å². The van der Waals surface area contributed by atoms with Crippen molar-refractivity contribution in [2.24, 2.45) is 0 Å². The molecule has 0 saturated heterocycles. The summed E-state index contributed by atoms with van der Waals surface area (Å²) in [5.41, 5.74) is 2.11. The normalized spacial score (nSPS) is 20.6. The Morgan fingerprint density at radius 3 is 2.76 bits per heavy atom. The number of allylic oxidation sites excluding steroid dienone is 3. The van der Waals surface area contributed by atoms with E-state index in [1.807, 2.05) is 13.8 Å². The van der Waals surface area contributed by atoms with Gasteiger partial charge in [-0.1, -0.05) is 0 Å². The molecule has 1 heterocycles. The van der Waals surface area contributed by atoms with Crippen molar-refractivity contribution in [3.05, 3.63) is 22.7 Å². The van der Waals surface area contributed by atoms with Gasteiger partial charge in [-0.2, -0.15) is 0 Å². The maximum atomic E-state index is 11.8. The van der Waals surface area contributed by atoms with Crippen molar-refractivity contribution in [3.8, 4) is 0 Å². The lowest BCUT2D eigenvalue weighted by Gasteiger charge is -2.18. The fraction of sp³-hybridized carbons (Fsp3) is 0.643. The van der Waals surface area contributed by atoms with Gasteiger partial charge in [-0.05, 0) is 51.5 Å². The fourth-order valence-electron chi connectivity index (χ4n) is 2.49. The maximum absolute atomic E-state index is 11.8. The summed E-state index contributed by atoms with van der Waals surface area (Å²) in [4.78, 5) is 11.8. The molecule has 0 amide bonds. The van der Waals surface area contributed by atoms with Gasteiger partial charge >= 0.3 is 5.97 Å². The van der Waals surface area contributed by atoms with Crippen LogP contribution in [0.15, 0.2) is 22.7 Å². The standard InChI is InChI=1S/C14H20O3/c1-3-16-14(15)12-9-8-11-6-4-5-7-13(11)17-10(12)2/h3-9H2,1-2H3. The van der Waals surface area contributed by atoms with E-state index >= 15 is 0 Å². The van der Waals surface area contributed by atoms with Crippen molar-refractivity contribution < 1.29 is 14.3 Å². The second kappa shape index (κ2) is 5.39. The van der Waals surface area contributed by atoms with E-state index in [0.29, 0.717) is 12.2 Å². The molecule has 0 radical (unpaired) electrons. The zero-order valence-electron chi connectivity index (χ0n) is 10.7. The Morgan fingerprint density at radius 1 is 1.24 bits per heavy atom. The number of esters is 1. The molecule has 2 aliphatic rings. The van der Waals surface area contributed by atoms with Crippen molar-refractivity contribution in [2.75, 3.05) is 6.61 Å². The first-order chi connectivity index (χ1) is 8.22. The van der Waals surface area contributed by atoms with Gasteiger partial charge in [0.1, 0.15) is 11.5 Å². The molecule has 17 heavy (non-hydrogen) atoms. The van der Waals surface area contributed by atoms with Crippen LogP contribution in [0.5, 0.6) is 0 Å². The third-order valence-electron chi connectivity index (χ3n) is 3.43. The van der Waals surface area contributed by atoms with Crippen LogP contribution >= 0.6 is 0 Å². The van der Waals surface area contributed by atoms with Crippen LogP contribution in [0.2, 0.25) is 0 Å². The predicted octanol–water partition coefficient (Wildman–Crippen LogP) is 3.46. The van der Waals surface area contributed by atoms with Crippen molar-refractivity contribution in [2.45, 2.75) is 52.4 Å². The molecular formula is C14H20O3. The molecule has 1 aliphatic carbocycles. The van der Waals surface area contributed by atoms with Crippen LogP contribution in [-0.2, 0) is 14.3 Å². The Labute approximate surface area is 102 Å². The molecule has 2 rings (SSSR count). The fourth-order valence-corrected chi connectivity index (χ4v) is 2.49. The molecule has 0 bridgehead atoms. The van der Waals surface area contributed by atoms with Crippen LogP contribution in [0.3, 0.4) is 0 Å². The second-order valence-corrected chi connectivity index (χ2v) is 4.59. The van der Waals surface area contributed by atoms with Gasteiger partial charge in [-0.3, -0.25) is 0 Å². The number of hydrogen-bond donors (Lipinski definition) is 0. The number of rotatable bonds is 2. The zero-order valence-corrected chi connectivity index (χ0v) is 10.7. The zero-order chi connectivity index (χ0) is 12.3. The van der Waals surface area contributed by atoms with Crippen molar-refractivity contribution >= 4 is 5.97 Å². The highest BCUT2D eigenvalue weighted by Crippen LogP contribution is 2.35. The first-order valence-electron chi connectivity index (χ1n) is 6.48. The monoisotopic (exact) mass is 236 g/mol. The number of ether oxygens (including phenoxy) is 2. The summed E-state index contributed by atoms with van der Waals surface area (Å²) >= 11 is 0. The molecule has 1 aliphatic heterocycles. The second-order valence-electron chi connectivity index (χ2n) is 4.59. The average molecular weight is 236 g/mol. The van der Waals surface area contributed by atoms with Crippen molar-refractivity contribution in [1.82, 2.24) is 0 Å². The van der Waals surface area contributed by atoms with Crippen molar-refractivity contribution in [3.63, 3.8) is 0 Å². The van der Waals surface area contributed by atoms with Gasteiger partial charge < -0.3 is 9.47 Å². The van der Waals surface area contributed by atoms with Crippen LogP contribution in [0, 0.1) is 0 Å². The van der Waals surface area contributed by atoms with Gasteiger partial charge in [0.15, 0.2) is 0 Å². The van der Waals surface area contributed by atoms with Gasteiger partial charge in [-0.25, -0.2) is 4.79 Å². The van der Waals surface area contributed by atoms with Gasteiger partial charge in [0, 0.05) is 6.42 Å². The quantitative estimate of drug-likeness (QED) is 0.689. The smallest absolute Gasteiger partial charge is 0.337 e. The van der Waals surface area contributed by atoms with Crippen LogP contribution in [0.4, 0.5) is 0 Å². The highest BCUT2D eigenvalue weighted by molar-refractivity contribution is 5.89.